The summed E-state index contributed by atoms with van der Waals surface area (Å²) in [5.41, 5.74) is 5.31. The first-order chi connectivity index (χ1) is 15.8. The van der Waals surface area contributed by atoms with Gasteiger partial charge < -0.3 is 9.64 Å². The molecule has 0 N–H and O–H groups in total. The van der Waals surface area contributed by atoms with Crippen LogP contribution >= 0.6 is 0 Å². The van der Waals surface area contributed by atoms with E-state index >= 15 is 0 Å². The molecule has 1 aliphatic carbocycles. The second-order valence-corrected chi connectivity index (χ2v) is 9.13. The lowest BCUT2D eigenvalue weighted by atomic mass is 10.0. The summed E-state index contributed by atoms with van der Waals surface area (Å²) in [5, 5.41) is 4.50. The van der Waals surface area contributed by atoms with E-state index in [1.807, 2.05) is 74.2 Å². The summed E-state index contributed by atoms with van der Waals surface area (Å²) in [6.07, 6.45) is 5.77. The first-order valence-corrected chi connectivity index (χ1v) is 11.4. The zero-order chi connectivity index (χ0) is 23.3. The van der Waals surface area contributed by atoms with Gasteiger partial charge in [-0.1, -0.05) is 23.8 Å². The van der Waals surface area contributed by atoms with E-state index in [9.17, 15) is 9.59 Å². The minimum Gasteiger partial charge on any atom is -0.410 e. The number of nitrogens with zero attached hydrogens (tertiary/aromatic N) is 4. The van der Waals surface area contributed by atoms with Crippen molar-refractivity contribution in [1.82, 2.24) is 9.78 Å². The molecule has 2 amide bonds. The minimum atomic E-state index is -0.455. The smallest absolute Gasteiger partial charge is 0.410 e. The molecule has 1 atom stereocenters. The van der Waals surface area contributed by atoms with Crippen molar-refractivity contribution in [3.05, 3.63) is 59.9 Å². The molecule has 1 fully saturated rings. The molecule has 1 aromatic heterocycles. The summed E-state index contributed by atoms with van der Waals surface area (Å²) < 4.78 is 7.80. The van der Waals surface area contributed by atoms with E-state index in [2.05, 4.69) is 5.10 Å². The van der Waals surface area contributed by atoms with Crippen LogP contribution in [-0.4, -0.2) is 34.4 Å². The second-order valence-electron chi connectivity index (χ2n) is 9.13. The number of hydrogen-bond acceptors (Lipinski definition) is 4. The average molecular weight is 445 g/mol. The van der Waals surface area contributed by atoms with Gasteiger partial charge in [0.2, 0.25) is 5.91 Å². The Morgan fingerprint density at radius 3 is 2.52 bits per heavy atom. The van der Waals surface area contributed by atoms with Gasteiger partial charge in [0, 0.05) is 25.2 Å². The molecule has 3 aromatic rings. The van der Waals surface area contributed by atoms with Crippen LogP contribution in [0, 0.1) is 13.8 Å². The van der Waals surface area contributed by atoms with Crippen LogP contribution in [0.15, 0.2) is 48.8 Å². The molecule has 2 aromatic carbocycles. The maximum absolute atomic E-state index is 13.3. The summed E-state index contributed by atoms with van der Waals surface area (Å²) in [5.74, 6) is 0.483. The number of rotatable bonds is 3. The fraction of sp³-hybridized carbons (Fsp3) is 0.346. The Morgan fingerprint density at radius 1 is 1.03 bits per heavy atom. The molecule has 0 bridgehead atoms. The molecule has 0 unspecified atom stereocenters. The van der Waals surface area contributed by atoms with Gasteiger partial charge in [0.05, 0.1) is 29.7 Å². The van der Waals surface area contributed by atoms with Crippen LogP contribution in [0.1, 0.15) is 43.9 Å². The number of benzene rings is 2. The van der Waals surface area contributed by atoms with Crippen LogP contribution in [0.2, 0.25) is 0 Å². The summed E-state index contributed by atoms with van der Waals surface area (Å²) in [7, 11) is 0. The molecule has 1 aliphatic heterocycles. The highest BCUT2D eigenvalue weighted by molar-refractivity contribution is 6.03. The third-order valence-corrected chi connectivity index (χ3v) is 6.36. The van der Waals surface area contributed by atoms with E-state index in [0.29, 0.717) is 29.7 Å². The zero-order valence-corrected chi connectivity index (χ0v) is 19.4. The van der Waals surface area contributed by atoms with Gasteiger partial charge in [-0.25, -0.2) is 4.79 Å². The van der Waals surface area contributed by atoms with Gasteiger partial charge in [-0.2, -0.15) is 5.10 Å². The van der Waals surface area contributed by atoms with E-state index in [4.69, 9.17) is 4.74 Å². The van der Waals surface area contributed by atoms with E-state index < -0.39 is 6.09 Å². The highest BCUT2D eigenvalue weighted by atomic mass is 16.6. The SMILES string of the molecule is CC(=O)N1c2ccc(-c3cnn(C4CC4)c3)cc2N(C(=O)Oc2ccc(C)cc2C)C[C@@H]1C. The minimum absolute atomic E-state index is 0.0551. The molecule has 5 rings (SSSR count). The number of ether oxygens (including phenoxy) is 1. The molecule has 1 saturated carbocycles. The number of fused-ring (bicyclic) bond motifs is 1. The Kier molecular flexibility index (Phi) is 5.19. The maximum atomic E-state index is 13.3. The number of amides is 2. The monoisotopic (exact) mass is 444 g/mol. The van der Waals surface area contributed by atoms with Crippen LogP contribution in [0.4, 0.5) is 16.2 Å². The number of carbonyl (C=O) groups excluding carboxylic acids is 2. The van der Waals surface area contributed by atoms with Crippen molar-refractivity contribution in [3.63, 3.8) is 0 Å². The first-order valence-electron chi connectivity index (χ1n) is 11.4. The van der Waals surface area contributed by atoms with Gasteiger partial charge in [0.1, 0.15) is 5.75 Å². The van der Waals surface area contributed by atoms with Gasteiger partial charge in [-0.3, -0.25) is 14.4 Å². The number of anilines is 2. The first kappa shape index (κ1) is 21.2. The van der Waals surface area contributed by atoms with Crippen molar-refractivity contribution in [2.24, 2.45) is 0 Å². The molecule has 2 heterocycles. The Bertz CT molecular complexity index is 1240. The van der Waals surface area contributed by atoms with Crippen molar-refractivity contribution in [1.29, 1.82) is 0 Å². The van der Waals surface area contributed by atoms with E-state index in [0.717, 1.165) is 35.1 Å². The number of carbonyl (C=O) groups is 2. The average Bonchev–Trinajstić information content (AvgIpc) is 3.51. The quantitative estimate of drug-likeness (QED) is 0.552. The fourth-order valence-corrected chi connectivity index (χ4v) is 4.55. The number of aromatic nitrogens is 2. The van der Waals surface area contributed by atoms with Gasteiger partial charge in [0.25, 0.3) is 0 Å². The standard InChI is InChI=1S/C26H28N4O3/c1-16-5-10-25(17(2)11-16)33-26(32)28-14-18(3)30(19(4)31)23-9-6-20(12-24(23)28)21-13-27-29(15-21)22-7-8-22/h5-6,9-13,15,18,22H,7-8,14H2,1-4H3/t18-/m0/s1. The Hall–Kier alpha value is -3.61. The number of hydrogen-bond donors (Lipinski definition) is 0. The largest absolute Gasteiger partial charge is 0.419 e. The van der Waals surface area contributed by atoms with Crippen LogP contribution in [0.3, 0.4) is 0 Å². The van der Waals surface area contributed by atoms with Crippen LogP contribution < -0.4 is 14.5 Å². The van der Waals surface area contributed by atoms with Crippen molar-refractivity contribution in [2.75, 3.05) is 16.3 Å². The third-order valence-electron chi connectivity index (χ3n) is 6.36. The Balaban J connectivity index is 1.52. The summed E-state index contributed by atoms with van der Waals surface area (Å²) in [6.45, 7) is 7.77. The van der Waals surface area contributed by atoms with Crippen LogP contribution in [0.25, 0.3) is 11.1 Å². The molecule has 170 valence electrons. The molecular weight excluding hydrogens is 416 g/mol. The molecular formula is C26H28N4O3. The highest BCUT2D eigenvalue weighted by Gasteiger charge is 2.35. The molecule has 7 nitrogen and oxygen atoms in total. The predicted molar refractivity (Wildman–Crippen MR) is 128 cm³/mol. The van der Waals surface area contributed by atoms with Gasteiger partial charge in [-0.05, 0) is 62.9 Å². The zero-order valence-electron chi connectivity index (χ0n) is 19.4. The summed E-state index contributed by atoms with van der Waals surface area (Å²) >= 11 is 0. The molecule has 33 heavy (non-hydrogen) atoms. The van der Waals surface area contributed by atoms with Crippen molar-refractivity contribution in [3.8, 4) is 16.9 Å². The van der Waals surface area contributed by atoms with E-state index in [1.54, 1.807) is 16.7 Å². The number of aryl methyl sites for hydroxylation is 2. The van der Waals surface area contributed by atoms with E-state index in [-0.39, 0.29) is 11.9 Å². The molecule has 0 radical (unpaired) electrons. The molecule has 7 heteroatoms. The Morgan fingerprint density at radius 2 is 1.82 bits per heavy atom. The lowest BCUT2D eigenvalue weighted by molar-refractivity contribution is -0.117. The third kappa shape index (κ3) is 3.99. The van der Waals surface area contributed by atoms with Crippen molar-refractivity contribution in [2.45, 2.75) is 52.6 Å². The summed E-state index contributed by atoms with van der Waals surface area (Å²) in [6, 6.07) is 11.9. The highest BCUT2D eigenvalue weighted by Crippen LogP contribution is 2.40. The van der Waals surface area contributed by atoms with Gasteiger partial charge in [0.15, 0.2) is 0 Å². The second kappa shape index (κ2) is 8.06. The molecule has 0 spiro atoms. The fourth-order valence-electron chi connectivity index (χ4n) is 4.55. The summed E-state index contributed by atoms with van der Waals surface area (Å²) in [4.78, 5) is 29.1. The molecule has 2 aliphatic rings. The van der Waals surface area contributed by atoms with Crippen molar-refractivity contribution < 1.29 is 14.3 Å². The van der Waals surface area contributed by atoms with Gasteiger partial charge >= 0.3 is 6.09 Å². The van der Waals surface area contributed by atoms with E-state index in [1.165, 1.54) is 0 Å². The topological polar surface area (TPSA) is 67.7 Å². The van der Waals surface area contributed by atoms with Crippen LogP contribution in [-0.2, 0) is 4.79 Å². The predicted octanol–water partition coefficient (Wildman–Crippen LogP) is 5.26. The lowest BCUT2D eigenvalue weighted by Crippen LogP contribution is -2.52. The molecule has 0 saturated heterocycles. The maximum Gasteiger partial charge on any atom is 0.419 e. The van der Waals surface area contributed by atoms with Crippen LogP contribution in [0.5, 0.6) is 5.75 Å². The normalized spacial score (nSPS) is 17.6. The van der Waals surface area contributed by atoms with Gasteiger partial charge in [-0.15, -0.1) is 0 Å². The Labute approximate surface area is 193 Å². The lowest BCUT2D eigenvalue weighted by Gasteiger charge is -2.40. The van der Waals surface area contributed by atoms with Crippen molar-refractivity contribution >= 4 is 23.4 Å².